The van der Waals surface area contributed by atoms with Gasteiger partial charge >= 0.3 is 0 Å². The first kappa shape index (κ1) is 13.4. The number of halogens is 3. The van der Waals surface area contributed by atoms with Crippen molar-refractivity contribution in [2.24, 2.45) is 0 Å². The minimum Gasteiger partial charge on any atom is -0.289 e. The van der Waals surface area contributed by atoms with Crippen molar-refractivity contribution in [3.63, 3.8) is 0 Å². The molecule has 0 fully saturated rings. The minimum absolute atomic E-state index is 0.116. The third-order valence-electron chi connectivity index (χ3n) is 2.63. The largest absolute Gasteiger partial charge is 0.289 e. The fourth-order valence-electron chi connectivity index (χ4n) is 1.63. The van der Waals surface area contributed by atoms with Gasteiger partial charge in [-0.3, -0.25) is 4.79 Å². The molecule has 0 unspecified atom stereocenters. The Morgan fingerprint density at radius 3 is 2.50 bits per heavy atom. The molecule has 2 rings (SSSR count). The molecule has 0 aromatic heterocycles. The van der Waals surface area contributed by atoms with E-state index in [4.69, 9.17) is 0 Å². The molecule has 0 radical (unpaired) electrons. The number of carbonyl (C=O) groups excluding carboxylic acids is 1. The normalized spacial score (nSPS) is 10.4. The minimum atomic E-state index is -0.377. The second-order valence-electron chi connectivity index (χ2n) is 3.92. The van der Waals surface area contributed by atoms with Gasteiger partial charge in [-0.1, -0.05) is 22.0 Å². The lowest BCUT2D eigenvalue weighted by atomic mass is 9.99. The molecule has 0 atom stereocenters. The molecule has 4 heteroatoms. The number of hydrogen-bond donors (Lipinski definition) is 0. The van der Waals surface area contributed by atoms with Crippen molar-refractivity contribution >= 4 is 37.6 Å². The van der Waals surface area contributed by atoms with Crippen LogP contribution < -0.4 is 0 Å². The van der Waals surface area contributed by atoms with Gasteiger partial charge in [0.15, 0.2) is 5.78 Å². The monoisotopic (exact) mass is 370 g/mol. The van der Waals surface area contributed by atoms with Crippen molar-refractivity contribution < 1.29 is 9.18 Å². The van der Waals surface area contributed by atoms with Gasteiger partial charge in [-0.15, -0.1) is 0 Å². The first-order valence-corrected chi connectivity index (χ1v) is 6.83. The molecular formula is C14H9Br2FO. The van der Waals surface area contributed by atoms with Crippen LogP contribution in [0.2, 0.25) is 0 Å². The zero-order valence-electron chi connectivity index (χ0n) is 9.51. The van der Waals surface area contributed by atoms with Crippen molar-refractivity contribution in [2.45, 2.75) is 6.92 Å². The van der Waals surface area contributed by atoms with Crippen molar-refractivity contribution in [3.8, 4) is 0 Å². The molecule has 0 aliphatic rings. The first-order chi connectivity index (χ1) is 8.49. The molecule has 2 aromatic carbocycles. The first-order valence-electron chi connectivity index (χ1n) is 5.25. The molecule has 0 aliphatic carbocycles. The number of aryl methyl sites for hydroxylation is 1. The number of benzene rings is 2. The van der Waals surface area contributed by atoms with E-state index in [1.54, 1.807) is 6.07 Å². The van der Waals surface area contributed by atoms with Gasteiger partial charge in [-0.25, -0.2) is 4.39 Å². The fourth-order valence-corrected chi connectivity index (χ4v) is 2.37. The van der Waals surface area contributed by atoms with Crippen LogP contribution in [0.15, 0.2) is 45.3 Å². The Hall–Kier alpha value is -1.00. The Labute approximate surface area is 121 Å². The van der Waals surface area contributed by atoms with E-state index in [1.807, 2.05) is 19.1 Å². The van der Waals surface area contributed by atoms with E-state index in [9.17, 15) is 9.18 Å². The number of ketones is 1. The molecule has 0 N–H and O–H groups in total. The Morgan fingerprint density at radius 1 is 1.11 bits per heavy atom. The highest BCUT2D eigenvalue weighted by Gasteiger charge is 2.13. The molecular weight excluding hydrogens is 363 g/mol. The van der Waals surface area contributed by atoms with Gasteiger partial charge in [0, 0.05) is 15.6 Å². The van der Waals surface area contributed by atoms with Crippen LogP contribution >= 0.6 is 31.9 Å². The number of carbonyl (C=O) groups is 1. The average molecular weight is 372 g/mol. The molecule has 2 aromatic rings. The Balaban J connectivity index is 2.47. The van der Waals surface area contributed by atoms with E-state index >= 15 is 0 Å². The Kier molecular flexibility index (Phi) is 3.97. The molecule has 92 valence electrons. The maximum absolute atomic E-state index is 13.1. The lowest BCUT2D eigenvalue weighted by Crippen LogP contribution is -2.04. The Bertz CT molecular complexity index is 623. The molecule has 0 bridgehead atoms. The summed E-state index contributed by atoms with van der Waals surface area (Å²) in [6, 6.07) is 9.79. The maximum Gasteiger partial charge on any atom is 0.193 e. The second kappa shape index (κ2) is 5.33. The third kappa shape index (κ3) is 2.70. The van der Waals surface area contributed by atoms with E-state index in [0.717, 1.165) is 10.0 Å². The summed E-state index contributed by atoms with van der Waals surface area (Å²) < 4.78 is 14.3. The smallest absolute Gasteiger partial charge is 0.193 e. The highest BCUT2D eigenvalue weighted by molar-refractivity contribution is 9.10. The van der Waals surface area contributed by atoms with Crippen LogP contribution in [0.4, 0.5) is 4.39 Å². The summed E-state index contributed by atoms with van der Waals surface area (Å²) in [6.45, 7) is 1.87. The van der Waals surface area contributed by atoms with E-state index in [0.29, 0.717) is 15.6 Å². The van der Waals surface area contributed by atoms with E-state index in [1.165, 1.54) is 18.2 Å². The van der Waals surface area contributed by atoms with Crippen LogP contribution in [-0.2, 0) is 0 Å². The summed E-state index contributed by atoms with van der Waals surface area (Å²) >= 11 is 6.43. The predicted molar refractivity (Wildman–Crippen MR) is 76.4 cm³/mol. The summed E-state index contributed by atoms with van der Waals surface area (Å²) in [5.41, 5.74) is 1.97. The standard InChI is InChI=1S/C14H9Br2FO/c1-8-2-4-10(15)7-11(8)14(18)9-3-5-13(17)12(16)6-9/h2-7H,1H3. The van der Waals surface area contributed by atoms with Crippen LogP contribution in [0, 0.1) is 12.7 Å². The summed E-state index contributed by atoms with van der Waals surface area (Å²) in [6.07, 6.45) is 0. The van der Waals surface area contributed by atoms with Gasteiger partial charge in [-0.2, -0.15) is 0 Å². The quantitative estimate of drug-likeness (QED) is 0.687. The lowest BCUT2D eigenvalue weighted by Gasteiger charge is -2.06. The molecule has 0 spiro atoms. The highest BCUT2D eigenvalue weighted by atomic mass is 79.9. The van der Waals surface area contributed by atoms with Crippen LogP contribution in [0.1, 0.15) is 21.5 Å². The Morgan fingerprint density at radius 2 is 1.83 bits per heavy atom. The van der Waals surface area contributed by atoms with Gasteiger partial charge in [-0.05, 0) is 58.7 Å². The zero-order chi connectivity index (χ0) is 13.3. The summed E-state index contributed by atoms with van der Waals surface area (Å²) in [4.78, 5) is 12.3. The highest BCUT2D eigenvalue weighted by Crippen LogP contribution is 2.22. The lowest BCUT2D eigenvalue weighted by molar-refractivity contribution is 0.103. The molecule has 18 heavy (non-hydrogen) atoms. The molecule has 1 nitrogen and oxygen atoms in total. The molecule has 0 aliphatic heterocycles. The fraction of sp³-hybridized carbons (Fsp3) is 0.0714. The van der Waals surface area contributed by atoms with Crippen molar-refractivity contribution in [1.82, 2.24) is 0 Å². The van der Waals surface area contributed by atoms with E-state index < -0.39 is 0 Å². The summed E-state index contributed by atoms with van der Waals surface area (Å²) in [5, 5.41) is 0. The molecule has 0 saturated heterocycles. The van der Waals surface area contributed by atoms with Crippen LogP contribution in [0.3, 0.4) is 0 Å². The van der Waals surface area contributed by atoms with Crippen LogP contribution in [-0.4, -0.2) is 5.78 Å². The van der Waals surface area contributed by atoms with Crippen molar-refractivity contribution in [2.75, 3.05) is 0 Å². The number of hydrogen-bond acceptors (Lipinski definition) is 1. The van der Waals surface area contributed by atoms with Gasteiger partial charge in [0.05, 0.1) is 4.47 Å². The van der Waals surface area contributed by atoms with E-state index in [-0.39, 0.29) is 11.6 Å². The zero-order valence-corrected chi connectivity index (χ0v) is 12.7. The van der Waals surface area contributed by atoms with Gasteiger partial charge < -0.3 is 0 Å². The third-order valence-corrected chi connectivity index (χ3v) is 3.73. The van der Waals surface area contributed by atoms with Crippen LogP contribution in [0.25, 0.3) is 0 Å². The number of rotatable bonds is 2. The van der Waals surface area contributed by atoms with E-state index in [2.05, 4.69) is 31.9 Å². The van der Waals surface area contributed by atoms with Gasteiger partial charge in [0.25, 0.3) is 0 Å². The molecule has 0 saturated carbocycles. The van der Waals surface area contributed by atoms with Gasteiger partial charge in [0.2, 0.25) is 0 Å². The maximum atomic E-state index is 13.1. The molecule has 0 heterocycles. The second-order valence-corrected chi connectivity index (χ2v) is 5.69. The topological polar surface area (TPSA) is 17.1 Å². The average Bonchev–Trinajstić information content (AvgIpc) is 2.35. The van der Waals surface area contributed by atoms with Crippen molar-refractivity contribution in [1.29, 1.82) is 0 Å². The van der Waals surface area contributed by atoms with Crippen LogP contribution in [0.5, 0.6) is 0 Å². The van der Waals surface area contributed by atoms with Gasteiger partial charge in [0.1, 0.15) is 5.82 Å². The van der Waals surface area contributed by atoms with Crippen molar-refractivity contribution in [3.05, 3.63) is 67.9 Å². The summed E-state index contributed by atoms with van der Waals surface area (Å²) in [5.74, 6) is -0.494. The predicted octanol–water partition coefficient (Wildman–Crippen LogP) is 4.89. The summed E-state index contributed by atoms with van der Waals surface area (Å²) in [7, 11) is 0. The SMILES string of the molecule is Cc1ccc(Br)cc1C(=O)c1ccc(F)c(Br)c1. The molecule has 0 amide bonds.